The standard InChI is InChI=1S/C14H20BrFN2O2/c1-9(11-4-5-13(16)12(15)8-11)18-10(2)14(19)17-6-7-20-3/h4-5,8-10,18H,6-7H2,1-3H3,(H,17,19). The predicted octanol–water partition coefficient (Wildman–Crippen LogP) is 2.39. The van der Waals surface area contributed by atoms with Crippen molar-refractivity contribution in [3.63, 3.8) is 0 Å². The molecule has 2 atom stereocenters. The Labute approximate surface area is 127 Å². The Balaban J connectivity index is 2.53. The summed E-state index contributed by atoms with van der Waals surface area (Å²) >= 11 is 3.16. The monoisotopic (exact) mass is 346 g/mol. The van der Waals surface area contributed by atoms with Crippen LogP contribution in [0.3, 0.4) is 0 Å². The van der Waals surface area contributed by atoms with Crippen LogP contribution in [0.25, 0.3) is 0 Å². The number of carbonyl (C=O) groups excluding carboxylic acids is 1. The van der Waals surface area contributed by atoms with Crippen LogP contribution in [0.2, 0.25) is 0 Å². The topological polar surface area (TPSA) is 50.4 Å². The van der Waals surface area contributed by atoms with Crippen LogP contribution in [0.5, 0.6) is 0 Å². The molecule has 20 heavy (non-hydrogen) atoms. The molecule has 0 aromatic heterocycles. The summed E-state index contributed by atoms with van der Waals surface area (Å²) < 4.78 is 18.5. The molecule has 1 amide bonds. The fourth-order valence-corrected chi connectivity index (χ4v) is 2.15. The van der Waals surface area contributed by atoms with Gasteiger partial charge in [-0.1, -0.05) is 6.07 Å². The molecule has 0 bridgehead atoms. The molecule has 4 nitrogen and oxygen atoms in total. The predicted molar refractivity (Wildman–Crippen MR) is 80.0 cm³/mol. The van der Waals surface area contributed by atoms with Gasteiger partial charge in [-0.05, 0) is 47.5 Å². The molecule has 0 aliphatic heterocycles. The minimum Gasteiger partial charge on any atom is -0.383 e. The van der Waals surface area contributed by atoms with Crippen molar-refractivity contribution in [3.8, 4) is 0 Å². The summed E-state index contributed by atoms with van der Waals surface area (Å²) in [5, 5.41) is 5.94. The smallest absolute Gasteiger partial charge is 0.236 e. The normalized spacial score (nSPS) is 13.8. The van der Waals surface area contributed by atoms with Gasteiger partial charge in [0, 0.05) is 19.7 Å². The summed E-state index contributed by atoms with van der Waals surface area (Å²) in [6.45, 7) is 4.69. The molecule has 0 heterocycles. The Morgan fingerprint density at radius 1 is 1.45 bits per heavy atom. The van der Waals surface area contributed by atoms with Crippen molar-refractivity contribution < 1.29 is 13.9 Å². The van der Waals surface area contributed by atoms with Crippen molar-refractivity contribution in [3.05, 3.63) is 34.1 Å². The van der Waals surface area contributed by atoms with Crippen LogP contribution in [0.15, 0.2) is 22.7 Å². The number of halogens is 2. The van der Waals surface area contributed by atoms with Gasteiger partial charge in [-0.2, -0.15) is 0 Å². The number of nitrogens with one attached hydrogen (secondary N) is 2. The third-order valence-corrected chi connectivity index (χ3v) is 3.55. The SMILES string of the molecule is COCCNC(=O)C(C)NC(C)c1ccc(F)c(Br)c1. The van der Waals surface area contributed by atoms with Gasteiger partial charge in [-0.15, -0.1) is 0 Å². The molecule has 0 aliphatic rings. The lowest BCUT2D eigenvalue weighted by Gasteiger charge is -2.20. The second kappa shape index (κ2) is 8.34. The number of carbonyl (C=O) groups is 1. The Kier molecular flexibility index (Phi) is 7.12. The Hall–Kier alpha value is -0.980. The first-order chi connectivity index (χ1) is 9.45. The van der Waals surface area contributed by atoms with Crippen LogP contribution < -0.4 is 10.6 Å². The van der Waals surface area contributed by atoms with E-state index in [0.717, 1.165) is 5.56 Å². The van der Waals surface area contributed by atoms with Crippen LogP contribution in [0, 0.1) is 5.82 Å². The number of ether oxygens (including phenoxy) is 1. The number of hydrogen-bond donors (Lipinski definition) is 2. The molecule has 6 heteroatoms. The molecule has 0 fully saturated rings. The van der Waals surface area contributed by atoms with Gasteiger partial charge in [0.2, 0.25) is 5.91 Å². The summed E-state index contributed by atoms with van der Waals surface area (Å²) in [4.78, 5) is 11.8. The first-order valence-corrected chi connectivity index (χ1v) is 7.22. The van der Waals surface area contributed by atoms with Gasteiger partial charge in [0.1, 0.15) is 5.82 Å². The summed E-state index contributed by atoms with van der Waals surface area (Å²) in [7, 11) is 1.59. The van der Waals surface area contributed by atoms with Crippen molar-refractivity contribution >= 4 is 21.8 Å². The fourth-order valence-electron chi connectivity index (χ4n) is 1.76. The maximum atomic E-state index is 13.2. The van der Waals surface area contributed by atoms with Crippen molar-refractivity contribution in [2.75, 3.05) is 20.3 Å². The van der Waals surface area contributed by atoms with Gasteiger partial charge in [0.25, 0.3) is 0 Å². The number of rotatable bonds is 7. The maximum absolute atomic E-state index is 13.2. The second-order valence-electron chi connectivity index (χ2n) is 4.57. The highest BCUT2D eigenvalue weighted by Crippen LogP contribution is 2.21. The molecule has 0 radical (unpaired) electrons. The highest BCUT2D eigenvalue weighted by Gasteiger charge is 2.16. The largest absolute Gasteiger partial charge is 0.383 e. The van der Waals surface area contributed by atoms with Gasteiger partial charge >= 0.3 is 0 Å². The fraction of sp³-hybridized carbons (Fsp3) is 0.500. The lowest BCUT2D eigenvalue weighted by molar-refractivity contribution is -0.123. The van der Waals surface area contributed by atoms with E-state index >= 15 is 0 Å². The first-order valence-electron chi connectivity index (χ1n) is 6.43. The van der Waals surface area contributed by atoms with E-state index in [4.69, 9.17) is 4.74 Å². The van der Waals surface area contributed by atoms with Crippen LogP contribution in [-0.2, 0) is 9.53 Å². The Morgan fingerprint density at radius 2 is 2.15 bits per heavy atom. The highest BCUT2D eigenvalue weighted by molar-refractivity contribution is 9.10. The van der Waals surface area contributed by atoms with Crippen molar-refractivity contribution in [1.29, 1.82) is 0 Å². The van der Waals surface area contributed by atoms with Gasteiger partial charge < -0.3 is 10.1 Å². The minimum absolute atomic E-state index is 0.0601. The van der Waals surface area contributed by atoms with E-state index in [0.29, 0.717) is 17.6 Å². The Morgan fingerprint density at radius 3 is 2.75 bits per heavy atom. The summed E-state index contributed by atoms with van der Waals surface area (Å²) in [5.74, 6) is -0.388. The third kappa shape index (κ3) is 5.19. The maximum Gasteiger partial charge on any atom is 0.236 e. The lowest BCUT2D eigenvalue weighted by Crippen LogP contribution is -2.44. The van der Waals surface area contributed by atoms with Gasteiger partial charge in [0.15, 0.2) is 0 Å². The minimum atomic E-state index is -0.342. The number of amides is 1. The van der Waals surface area contributed by atoms with E-state index in [1.165, 1.54) is 6.07 Å². The molecular weight excluding hydrogens is 327 g/mol. The molecule has 112 valence electrons. The molecule has 1 rings (SSSR count). The van der Waals surface area contributed by atoms with Crippen molar-refractivity contribution in [2.24, 2.45) is 0 Å². The van der Waals surface area contributed by atoms with Gasteiger partial charge in [0.05, 0.1) is 17.1 Å². The van der Waals surface area contributed by atoms with Crippen LogP contribution >= 0.6 is 15.9 Å². The molecule has 1 aromatic carbocycles. The molecule has 0 saturated carbocycles. The zero-order valence-corrected chi connectivity index (χ0v) is 13.5. The zero-order valence-electron chi connectivity index (χ0n) is 11.9. The van der Waals surface area contributed by atoms with Crippen molar-refractivity contribution in [1.82, 2.24) is 10.6 Å². The Bertz CT molecular complexity index is 457. The average Bonchev–Trinajstić information content (AvgIpc) is 2.41. The number of benzene rings is 1. The number of hydrogen-bond acceptors (Lipinski definition) is 3. The molecule has 0 saturated heterocycles. The molecule has 0 spiro atoms. The van der Waals surface area contributed by atoms with Crippen molar-refractivity contribution in [2.45, 2.75) is 25.9 Å². The first kappa shape index (κ1) is 17.1. The van der Waals surface area contributed by atoms with Crippen LogP contribution in [0.1, 0.15) is 25.5 Å². The molecule has 2 N–H and O–H groups in total. The number of methoxy groups -OCH3 is 1. The lowest BCUT2D eigenvalue weighted by atomic mass is 10.1. The second-order valence-corrected chi connectivity index (χ2v) is 5.42. The van der Waals surface area contributed by atoms with E-state index in [1.54, 1.807) is 26.2 Å². The van der Waals surface area contributed by atoms with E-state index in [9.17, 15) is 9.18 Å². The molecule has 0 aliphatic carbocycles. The van der Waals surface area contributed by atoms with Crippen LogP contribution in [0.4, 0.5) is 4.39 Å². The van der Waals surface area contributed by atoms with Gasteiger partial charge in [-0.3, -0.25) is 10.1 Å². The third-order valence-electron chi connectivity index (χ3n) is 2.94. The summed E-state index contributed by atoms with van der Waals surface area (Å²) in [6.07, 6.45) is 0. The zero-order chi connectivity index (χ0) is 15.1. The van der Waals surface area contributed by atoms with E-state index in [1.807, 2.05) is 6.92 Å². The molecular formula is C14H20BrFN2O2. The molecule has 1 aromatic rings. The van der Waals surface area contributed by atoms with E-state index in [2.05, 4.69) is 26.6 Å². The highest BCUT2D eigenvalue weighted by atomic mass is 79.9. The quantitative estimate of drug-likeness (QED) is 0.745. The van der Waals surface area contributed by atoms with Gasteiger partial charge in [-0.25, -0.2) is 4.39 Å². The molecule has 2 unspecified atom stereocenters. The van der Waals surface area contributed by atoms with E-state index < -0.39 is 0 Å². The summed E-state index contributed by atoms with van der Waals surface area (Å²) in [5.41, 5.74) is 0.912. The average molecular weight is 347 g/mol. The van der Waals surface area contributed by atoms with Crippen LogP contribution in [-0.4, -0.2) is 32.2 Å². The summed E-state index contributed by atoms with van der Waals surface area (Å²) in [6, 6.07) is 4.41. The van der Waals surface area contributed by atoms with E-state index in [-0.39, 0.29) is 23.8 Å².